The number of methoxy groups -OCH3 is 1. The maximum absolute atomic E-state index is 13.1. The minimum atomic E-state index is -0.755. The van der Waals surface area contributed by atoms with Crippen LogP contribution in [0.5, 0.6) is 5.75 Å². The number of nitrogens with one attached hydrogen (secondary N) is 1. The van der Waals surface area contributed by atoms with Crippen molar-refractivity contribution < 1.29 is 23.5 Å². The Balaban J connectivity index is 1.85. The van der Waals surface area contributed by atoms with Crippen LogP contribution in [0, 0.1) is 0 Å². The number of carbonyl (C=O) groups is 2. The van der Waals surface area contributed by atoms with Crippen molar-refractivity contribution in [2.75, 3.05) is 19.5 Å². The highest BCUT2D eigenvalue weighted by Crippen LogP contribution is 2.20. The highest BCUT2D eigenvalue weighted by atomic mass is 32.2. The fourth-order valence-electron chi connectivity index (χ4n) is 2.63. The van der Waals surface area contributed by atoms with Crippen LogP contribution < -0.4 is 15.6 Å². The van der Waals surface area contributed by atoms with Gasteiger partial charge in [-0.3, -0.25) is 14.2 Å². The van der Waals surface area contributed by atoms with E-state index < -0.39 is 11.5 Å². The van der Waals surface area contributed by atoms with E-state index in [1.807, 2.05) is 0 Å². The van der Waals surface area contributed by atoms with Gasteiger partial charge in [0.05, 0.1) is 44.2 Å². The van der Waals surface area contributed by atoms with Gasteiger partial charge in [0.1, 0.15) is 17.1 Å². The lowest BCUT2D eigenvalue weighted by molar-refractivity contribution is -0.118. The number of hydrogen-bond acceptors (Lipinski definition) is 8. The van der Waals surface area contributed by atoms with E-state index in [4.69, 9.17) is 13.9 Å². The van der Waals surface area contributed by atoms with Gasteiger partial charge >= 0.3 is 5.97 Å². The second-order valence-corrected chi connectivity index (χ2v) is 7.10. The highest BCUT2D eigenvalue weighted by Gasteiger charge is 2.19. The van der Waals surface area contributed by atoms with Crippen LogP contribution in [0.25, 0.3) is 5.69 Å². The Morgan fingerprint density at radius 1 is 1.23 bits per heavy atom. The Hall–Kier alpha value is -3.53. The summed E-state index contributed by atoms with van der Waals surface area (Å²) in [6.07, 6.45) is 2.70. The molecule has 162 valence electrons. The topological polar surface area (TPSA) is 113 Å². The van der Waals surface area contributed by atoms with Crippen molar-refractivity contribution >= 4 is 23.6 Å². The number of amides is 1. The van der Waals surface area contributed by atoms with Gasteiger partial charge in [-0.05, 0) is 43.3 Å². The Labute approximate surface area is 182 Å². The molecule has 0 fully saturated rings. The standard InChI is InChI=1S/C21H21N3O6S/c1-3-29-20(27)17-12-23-21(31-13-18(25)22-11-16-5-4-10-30-16)24(19(17)26)14-6-8-15(28-2)9-7-14/h4-10,12H,3,11,13H2,1-2H3,(H,22,25). The molecular formula is C21H21N3O6S. The molecule has 0 saturated carbocycles. The summed E-state index contributed by atoms with van der Waals surface area (Å²) in [7, 11) is 1.53. The predicted molar refractivity (Wildman–Crippen MR) is 114 cm³/mol. The van der Waals surface area contributed by atoms with Crippen molar-refractivity contribution in [3.05, 3.63) is 70.5 Å². The summed E-state index contributed by atoms with van der Waals surface area (Å²) >= 11 is 1.07. The minimum absolute atomic E-state index is 0.0159. The summed E-state index contributed by atoms with van der Waals surface area (Å²) in [6.45, 7) is 2.04. The molecule has 1 aromatic carbocycles. The molecule has 0 aliphatic heterocycles. The quantitative estimate of drug-likeness (QED) is 0.305. The molecule has 2 heterocycles. The molecule has 0 spiro atoms. The van der Waals surface area contributed by atoms with E-state index in [9.17, 15) is 14.4 Å². The number of rotatable bonds is 9. The van der Waals surface area contributed by atoms with Gasteiger partial charge in [-0.25, -0.2) is 9.78 Å². The van der Waals surface area contributed by atoms with Gasteiger partial charge in [0.15, 0.2) is 5.16 Å². The molecule has 3 rings (SSSR count). The molecule has 3 aromatic rings. The number of ether oxygens (including phenoxy) is 2. The van der Waals surface area contributed by atoms with Crippen LogP contribution in [-0.4, -0.2) is 40.9 Å². The Morgan fingerprint density at radius 2 is 2.00 bits per heavy atom. The van der Waals surface area contributed by atoms with Crippen molar-refractivity contribution in [2.45, 2.75) is 18.6 Å². The van der Waals surface area contributed by atoms with Crippen LogP contribution in [0.15, 0.2) is 63.2 Å². The molecule has 1 amide bonds. The molecule has 0 bridgehead atoms. The summed E-state index contributed by atoms with van der Waals surface area (Å²) in [5.74, 6) is 0.242. The fraction of sp³-hybridized carbons (Fsp3) is 0.238. The maximum atomic E-state index is 13.1. The van der Waals surface area contributed by atoms with Crippen LogP contribution in [0.2, 0.25) is 0 Å². The Morgan fingerprint density at radius 3 is 2.65 bits per heavy atom. The summed E-state index contributed by atoms with van der Waals surface area (Å²) in [5, 5.41) is 2.99. The van der Waals surface area contributed by atoms with Gasteiger partial charge in [0.25, 0.3) is 5.56 Å². The lowest BCUT2D eigenvalue weighted by Gasteiger charge is -2.13. The van der Waals surface area contributed by atoms with Crippen molar-refractivity contribution in [3.63, 3.8) is 0 Å². The molecule has 9 nitrogen and oxygen atoms in total. The number of furan rings is 1. The van der Waals surface area contributed by atoms with E-state index >= 15 is 0 Å². The Bertz CT molecular complexity index is 1090. The first-order chi connectivity index (χ1) is 15.0. The normalized spacial score (nSPS) is 10.5. The smallest absolute Gasteiger partial charge is 0.345 e. The predicted octanol–water partition coefficient (Wildman–Crippen LogP) is 2.42. The van der Waals surface area contributed by atoms with E-state index in [2.05, 4.69) is 10.3 Å². The van der Waals surface area contributed by atoms with Crippen molar-refractivity contribution in [2.24, 2.45) is 0 Å². The van der Waals surface area contributed by atoms with Crippen LogP contribution in [-0.2, 0) is 16.1 Å². The molecular weight excluding hydrogens is 422 g/mol. The number of esters is 1. The van der Waals surface area contributed by atoms with E-state index in [-0.39, 0.29) is 35.5 Å². The summed E-state index contributed by atoms with van der Waals surface area (Å²) in [4.78, 5) is 41.6. The average molecular weight is 443 g/mol. The second-order valence-electron chi connectivity index (χ2n) is 6.16. The van der Waals surface area contributed by atoms with Gasteiger partial charge in [-0.1, -0.05) is 11.8 Å². The molecule has 0 radical (unpaired) electrons. The molecule has 0 unspecified atom stereocenters. The first-order valence-electron chi connectivity index (χ1n) is 9.39. The zero-order valence-electron chi connectivity index (χ0n) is 17.0. The second kappa shape index (κ2) is 10.5. The SMILES string of the molecule is CCOC(=O)c1cnc(SCC(=O)NCc2ccco2)n(-c2ccc(OC)cc2)c1=O. The van der Waals surface area contributed by atoms with E-state index in [1.54, 1.807) is 43.3 Å². The van der Waals surface area contributed by atoms with E-state index in [1.165, 1.54) is 24.1 Å². The largest absolute Gasteiger partial charge is 0.497 e. The van der Waals surface area contributed by atoms with Crippen molar-refractivity contribution in [1.82, 2.24) is 14.9 Å². The number of benzene rings is 1. The molecule has 0 aliphatic rings. The number of hydrogen-bond donors (Lipinski definition) is 1. The molecule has 0 atom stereocenters. The van der Waals surface area contributed by atoms with E-state index in [0.29, 0.717) is 17.2 Å². The average Bonchev–Trinajstić information content (AvgIpc) is 3.30. The summed E-state index contributed by atoms with van der Waals surface area (Å²) in [5.41, 5.74) is -0.302. The number of thioether (sulfide) groups is 1. The number of aromatic nitrogens is 2. The van der Waals surface area contributed by atoms with Gasteiger partial charge in [0.2, 0.25) is 5.91 Å². The van der Waals surface area contributed by atoms with Gasteiger partial charge < -0.3 is 19.2 Å². The molecule has 0 aliphatic carbocycles. The van der Waals surface area contributed by atoms with Gasteiger partial charge in [-0.15, -0.1) is 0 Å². The van der Waals surface area contributed by atoms with Crippen molar-refractivity contribution in [3.8, 4) is 11.4 Å². The number of carbonyl (C=O) groups excluding carboxylic acids is 2. The molecule has 2 aromatic heterocycles. The Kier molecular flexibility index (Phi) is 7.50. The molecule has 31 heavy (non-hydrogen) atoms. The number of nitrogens with zero attached hydrogens (tertiary/aromatic N) is 2. The molecule has 1 N–H and O–H groups in total. The maximum Gasteiger partial charge on any atom is 0.345 e. The van der Waals surface area contributed by atoms with Crippen LogP contribution in [0.4, 0.5) is 0 Å². The molecule has 0 saturated heterocycles. The summed E-state index contributed by atoms with van der Waals surface area (Å²) in [6, 6.07) is 10.2. The minimum Gasteiger partial charge on any atom is -0.497 e. The van der Waals surface area contributed by atoms with Crippen LogP contribution >= 0.6 is 11.8 Å². The van der Waals surface area contributed by atoms with Gasteiger partial charge in [-0.2, -0.15) is 0 Å². The van der Waals surface area contributed by atoms with Crippen molar-refractivity contribution in [1.29, 1.82) is 0 Å². The van der Waals surface area contributed by atoms with Gasteiger partial charge in [0, 0.05) is 0 Å². The van der Waals surface area contributed by atoms with E-state index in [0.717, 1.165) is 11.8 Å². The first kappa shape index (κ1) is 22.2. The van der Waals surface area contributed by atoms with Crippen LogP contribution in [0.1, 0.15) is 23.0 Å². The zero-order valence-corrected chi connectivity index (χ0v) is 17.8. The third-order valence-electron chi connectivity index (χ3n) is 4.13. The lowest BCUT2D eigenvalue weighted by atomic mass is 10.3. The molecule has 10 heteroatoms. The lowest BCUT2D eigenvalue weighted by Crippen LogP contribution is -2.29. The zero-order chi connectivity index (χ0) is 22.2. The third kappa shape index (κ3) is 5.54. The fourth-order valence-corrected chi connectivity index (χ4v) is 3.44. The monoisotopic (exact) mass is 443 g/mol. The van der Waals surface area contributed by atoms with Crippen LogP contribution in [0.3, 0.4) is 0 Å². The third-order valence-corrected chi connectivity index (χ3v) is 5.08. The first-order valence-corrected chi connectivity index (χ1v) is 10.4. The highest BCUT2D eigenvalue weighted by molar-refractivity contribution is 7.99. The summed E-state index contributed by atoms with van der Waals surface area (Å²) < 4.78 is 16.6.